The standard InChI is InChI=1S/C35H29ClN4O2/c1-3-26(33-22-31(36)18-19-34(33)40-23-37-38-39-40)13-12-24(2)32(20-25-8-5-4-6-9-25)30-11-7-10-29(21-30)27-14-16-28(17-15-27)35(41)42/h3-19,21-23,32H,1,20H2,2H3,(H,41,42)/b24-12+,26-13+. The minimum absolute atomic E-state index is 0.0892. The van der Waals surface area contributed by atoms with Gasteiger partial charge in [0.1, 0.15) is 6.33 Å². The predicted octanol–water partition coefficient (Wildman–Crippen LogP) is 8.22. The van der Waals surface area contributed by atoms with Crippen LogP contribution in [0.5, 0.6) is 0 Å². The van der Waals surface area contributed by atoms with Gasteiger partial charge in [-0.1, -0.05) is 109 Å². The maximum absolute atomic E-state index is 11.3. The maximum Gasteiger partial charge on any atom is 0.335 e. The normalized spacial score (nSPS) is 12.6. The third-order valence-electron chi connectivity index (χ3n) is 7.20. The van der Waals surface area contributed by atoms with Gasteiger partial charge in [-0.15, -0.1) is 5.10 Å². The average Bonchev–Trinajstić information content (AvgIpc) is 3.56. The molecule has 1 aromatic heterocycles. The highest BCUT2D eigenvalue weighted by Crippen LogP contribution is 2.33. The Morgan fingerprint density at radius 3 is 2.43 bits per heavy atom. The van der Waals surface area contributed by atoms with E-state index in [0.29, 0.717) is 5.02 Å². The Kier molecular flexibility index (Phi) is 8.85. The molecule has 0 aliphatic heterocycles. The van der Waals surface area contributed by atoms with E-state index in [0.717, 1.165) is 39.9 Å². The molecule has 0 radical (unpaired) electrons. The van der Waals surface area contributed by atoms with Gasteiger partial charge in [-0.25, -0.2) is 4.79 Å². The zero-order valence-electron chi connectivity index (χ0n) is 23.1. The van der Waals surface area contributed by atoms with Crippen LogP contribution in [0.2, 0.25) is 5.02 Å². The number of rotatable bonds is 10. The first-order valence-corrected chi connectivity index (χ1v) is 13.8. The Bertz CT molecular complexity index is 1760. The summed E-state index contributed by atoms with van der Waals surface area (Å²) in [5.74, 6) is -0.847. The SMILES string of the molecule is C=C/C(=C\C=C(/C)C(Cc1ccccc1)c1cccc(-c2ccc(C(=O)O)cc2)c1)c1cc(Cl)ccc1-n1cnnn1. The van der Waals surface area contributed by atoms with E-state index in [9.17, 15) is 9.90 Å². The van der Waals surface area contributed by atoms with E-state index < -0.39 is 5.97 Å². The molecule has 5 aromatic rings. The van der Waals surface area contributed by atoms with Crippen molar-refractivity contribution in [1.29, 1.82) is 0 Å². The number of carboxylic acids is 1. The van der Waals surface area contributed by atoms with Crippen LogP contribution < -0.4 is 0 Å². The van der Waals surface area contributed by atoms with Gasteiger partial charge in [-0.05, 0) is 81.9 Å². The van der Waals surface area contributed by atoms with Gasteiger partial charge in [-0.2, -0.15) is 4.68 Å². The second kappa shape index (κ2) is 13.1. The Balaban J connectivity index is 1.54. The molecule has 0 fully saturated rings. The Morgan fingerprint density at radius 1 is 0.952 bits per heavy atom. The van der Waals surface area contributed by atoms with Gasteiger partial charge in [-0.3, -0.25) is 0 Å². The lowest BCUT2D eigenvalue weighted by Crippen LogP contribution is -2.05. The molecule has 1 atom stereocenters. The molecule has 1 heterocycles. The van der Waals surface area contributed by atoms with Gasteiger partial charge in [0.25, 0.3) is 0 Å². The van der Waals surface area contributed by atoms with Crippen LogP contribution in [-0.4, -0.2) is 31.3 Å². The van der Waals surface area contributed by atoms with Crippen molar-refractivity contribution in [2.45, 2.75) is 19.3 Å². The molecule has 1 unspecified atom stereocenters. The first-order valence-electron chi connectivity index (χ1n) is 13.4. The molecule has 208 valence electrons. The molecule has 0 bridgehead atoms. The summed E-state index contributed by atoms with van der Waals surface area (Å²) >= 11 is 6.39. The van der Waals surface area contributed by atoms with E-state index in [1.54, 1.807) is 29.2 Å². The number of tetrazole rings is 1. The molecule has 1 N–H and O–H groups in total. The minimum Gasteiger partial charge on any atom is -0.478 e. The van der Waals surface area contributed by atoms with E-state index in [4.69, 9.17) is 11.6 Å². The molecular formula is C35H29ClN4O2. The molecular weight excluding hydrogens is 544 g/mol. The fourth-order valence-electron chi connectivity index (χ4n) is 4.95. The van der Waals surface area contributed by atoms with Crippen molar-refractivity contribution in [3.05, 3.63) is 161 Å². The van der Waals surface area contributed by atoms with Crippen LogP contribution >= 0.6 is 11.6 Å². The number of hydrogen-bond acceptors (Lipinski definition) is 4. The number of allylic oxidation sites excluding steroid dienone is 5. The van der Waals surface area contributed by atoms with Crippen LogP contribution in [0.1, 0.15) is 39.9 Å². The third-order valence-corrected chi connectivity index (χ3v) is 7.43. The van der Waals surface area contributed by atoms with Crippen molar-refractivity contribution < 1.29 is 9.90 Å². The lowest BCUT2D eigenvalue weighted by molar-refractivity contribution is 0.0697. The Labute approximate surface area is 249 Å². The molecule has 0 spiro atoms. The van der Waals surface area contributed by atoms with E-state index in [1.165, 1.54) is 11.1 Å². The fraction of sp³-hybridized carbons (Fsp3) is 0.0857. The number of aromatic carboxylic acids is 1. The van der Waals surface area contributed by atoms with Gasteiger partial charge in [0, 0.05) is 16.5 Å². The highest BCUT2D eigenvalue weighted by atomic mass is 35.5. The third kappa shape index (κ3) is 6.62. The summed E-state index contributed by atoms with van der Waals surface area (Å²) < 4.78 is 1.60. The number of benzene rings is 4. The Hall–Kier alpha value is -5.07. The predicted molar refractivity (Wildman–Crippen MR) is 168 cm³/mol. The van der Waals surface area contributed by atoms with E-state index >= 15 is 0 Å². The number of aromatic nitrogens is 4. The van der Waals surface area contributed by atoms with Gasteiger partial charge >= 0.3 is 5.97 Å². The first kappa shape index (κ1) is 28.5. The van der Waals surface area contributed by atoms with Crippen molar-refractivity contribution in [2.24, 2.45) is 0 Å². The Morgan fingerprint density at radius 2 is 1.74 bits per heavy atom. The number of hydrogen-bond donors (Lipinski definition) is 1. The highest BCUT2D eigenvalue weighted by molar-refractivity contribution is 6.30. The molecule has 4 aromatic carbocycles. The van der Waals surface area contributed by atoms with Crippen LogP contribution in [0.15, 0.2) is 134 Å². The molecule has 6 nitrogen and oxygen atoms in total. The van der Waals surface area contributed by atoms with Gasteiger partial charge < -0.3 is 5.11 Å². The summed E-state index contributed by atoms with van der Waals surface area (Å²) in [6.45, 7) is 6.20. The molecule has 0 amide bonds. The second-order valence-electron chi connectivity index (χ2n) is 9.90. The van der Waals surface area contributed by atoms with Crippen molar-refractivity contribution in [3.8, 4) is 16.8 Å². The summed E-state index contributed by atoms with van der Waals surface area (Å²) in [7, 11) is 0. The van der Waals surface area contributed by atoms with Crippen molar-refractivity contribution >= 4 is 23.1 Å². The summed E-state index contributed by atoms with van der Waals surface area (Å²) in [5, 5.41) is 21.5. The van der Waals surface area contributed by atoms with E-state index in [-0.39, 0.29) is 11.5 Å². The summed E-state index contributed by atoms with van der Waals surface area (Å²) in [5.41, 5.74) is 8.37. The number of nitrogens with zero attached hydrogens (tertiary/aromatic N) is 4. The van der Waals surface area contributed by atoms with Gasteiger partial charge in [0.15, 0.2) is 0 Å². The molecule has 0 aliphatic carbocycles. The molecule has 0 saturated carbocycles. The quantitative estimate of drug-likeness (QED) is 0.170. The number of carbonyl (C=O) groups is 1. The second-order valence-corrected chi connectivity index (χ2v) is 10.3. The smallest absolute Gasteiger partial charge is 0.335 e. The van der Waals surface area contributed by atoms with Crippen LogP contribution in [0.4, 0.5) is 0 Å². The lowest BCUT2D eigenvalue weighted by atomic mass is 9.84. The van der Waals surface area contributed by atoms with Crippen molar-refractivity contribution in [2.75, 3.05) is 0 Å². The number of carboxylic acid groups (broad SMARTS) is 1. The van der Waals surface area contributed by atoms with Crippen molar-refractivity contribution in [3.63, 3.8) is 0 Å². The molecule has 0 aliphatic rings. The molecule has 7 heteroatoms. The zero-order chi connectivity index (χ0) is 29.5. The van der Waals surface area contributed by atoms with Crippen LogP contribution in [-0.2, 0) is 6.42 Å². The van der Waals surface area contributed by atoms with Gasteiger partial charge in [0.05, 0.1) is 11.3 Å². The summed E-state index contributed by atoms with van der Waals surface area (Å²) in [6.07, 6.45) is 8.34. The highest BCUT2D eigenvalue weighted by Gasteiger charge is 2.16. The van der Waals surface area contributed by atoms with Crippen LogP contribution in [0, 0.1) is 0 Å². The summed E-state index contributed by atoms with van der Waals surface area (Å²) in [4.78, 5) is 11.3. The lowest BCUT2D eigenvalue weighted by Gasteiger charge is -2.20. The van der Waals surface area contributed by atoms with Crippen LogP contribution in [0.25, 0.3) is 22.4 Å². The minimum atomic E-state index is -0.936. The monoisotopic (exact) mass is 572 g/mol. The fourth-order valence-corrected chi connectivity index (χ4v) is 5.12. The van der Waals surface area contributed by atoms with E-state index in [1.807, 2.05) is 48.5 Å². The first-order chi connectivity index (χ1) is 20.4. The van der Waals surface area contributed by atoms with Crippen LogP contribution in [0.3, 0.4) is 0 Å². The molecule has 42 heavy (non-hydrogen) atoms. The van der Waals surface area contributed by atoms with Crippen molar-refractivity contribution in [1.82, 2.24) is 20.2 Å². The van der Waals surface area contributed by atoms with Gasteiger partial charge in [0.2, 0.25) is 0 Å². The number of halogens is 1. The van der Waals surface area contributed by atoms with E-state index in [2.05, 4.69) is 77.6 Å². The summed E-state index contributed by atoms with van der Waals surface area (Å²) in [6, 6.07) is 31.4. The largest absolute Gasteiger partial charge is 0.478 e. The topological polar surface area (TPSA) is 80.9 Å². The molecule has 5 rings (SSSR count). The molecule has 0 saturated heterocycles. The maximum atomic E-state index is 11.3. The zero-order valence-corrected chi connectivity index (χ0v) is 23.8. The average molecular weight is 573 g/mol.